The molecule has 0 spiro atoms. The maximum absolute atomic E-state index is 4.90. The summed E-state index contributed by atoms with van der Waals surface area (Å²) in [5.41, 5.74) is 1.53. The maximum atomic E-state index is 4.90. The summed E-state index contributed by atoms with van der Waals surface area (Å²) in [4.78, 5) is 12.6. The quantitative estimate of drug-likeness (QED) is 0.912. The normalized spacial score (nSPS) is 18.2. The monoisotopic (exact) mass is 287 g/mol. The van der Waals surface area contributed by atoms with Crippen molar-refractivity contribution in [3.63, 3.8) is 0 Å². The number of nitrogens with one attached hydrogen (secondary N) is 1. The fourth-order valence-corrected chi connectivity index (χ4v) is 4.50. The average Bonchev–Trinajstić information content (AvgIpc) is 2.93. The molecule has 0 bridgehead atoms. The van der Waals surface area contributed by atoms with Gasteiger partial charge in [-0.25, -0.2) is 9.97 Å². The zero-order valence-corrected chi connectivity index (χ0v) is 12.9. The number of aromatic nitrogens is 2. The van der Waals surface area contributed by atoms with Gasteiger partial charge < -0.3 is 5.32 Å². The number of rotatable bonds is 4. The van der Waals surface area contributed by atoms with Crippen molar-refractivity contribution in [2.45, 2.75) is 57.8 Å². The van der Waals surface area contributed by atoms with Crippen LogP contribution in [0.3, 0.4) is 0 Å². The van der Waals surface area contributed by atoms with Gasteiger partial charge in [-0.3, -0.25) is 0 Å². The molecule has 0 atom stereocenters. The molecule has 4 heteroatoms. The van der Waals surface area contributed by atoms with E-state index in [-0.39, 0.29) is 0 Å². The molecule has 4 rings (SSSR count). The van der Waals surface area contributed by atoms with Crippen LogP contribution < -0.4 is 5.32 Å². The summed E-state index contributed by atoms with van der Waals surface area (Å²) in [7, 11) is 0. The van der Waals surface area contributed by atoms with Crippen molar-refractivity contribution in [3.05, 3.63) is 16.3 Å². The van der Waals surface area contributed by atoms with E-state index in [1.807, 2.05) is 11.3 Å². The summed E-state index contributed by atoms with van der Waals surface area (Å²) in [6, 6.07) is 0. The number of thiophene rings is 1. The van der Waals surface area contributed by atoms with Crippen molar-refractivity contribution >= 4 is 27.4 Å². The largest absolute Gasteiger partial charge is 0.369 e. The Morgan fingerprint density at radius 2 is 2.10 bits per heavy atom. The summed E-state index contributed by atoms with van der Waals surface area (Å²) < 4.78 is 0. The van der Waals surface area contributed by atoms with E-state index >= 15 is 0 Å². The highest BCUT2D eigenvalue weighted by Crippen LogP contribution is 2.42. The second-order valence-electron chi connectivity index (χ2n) is 6.02. The number of anilines is 1. The summed E-state index contributed by atoms with van der Waals surface area (Å²) in [6.07, 6.45) is 8.76. The van der Waals surface area contributed by atoms with E-state index in [0.29, 0.717) is 5.92 Å². The molecule has 2 aliphatic carbocycles. The molecule has 1 fully saturated rings. The van der Waals surface area contributed by atoms with Gasteiger partial charge >= 0.3 is 0 Å². The topological polar surface area (TPSA) is 37.8 Å². The molecule has 0 saturated heterocycles. The van der Waals surface area contributed by atoms with E-state index in [4.69, 9.17) is 9.97 Å². The summed E-state index contributed by atoms with van der Waals surface area (Å²) >= 11 is 1.91. The zero-order chi connectivity index (χ0) is 13.5. The van der Waals surface area contributed by atoms with Crippen LogP contribution in [0.15, 0.2) is 0 Å². The summed E-state index contributed by atoms with van der Waals surface area (Å²) in [5.74, 6) is 2.80. The smallest absolute Gasteiger partial charge is 0.138 e. The molecule has 2 aliphatic rings. The first-order chi connectivity index (χ1) is 9.86. The molecule has 20 heavy (non-hydrogen) atoms. The van der Waals surface area contributed by atoms with Gasteiger partial charge in [-0.1, -0.05) is 13.3 Å². The van der Waals surface area contributed by atoms with Gasteiger partial charge in [0.05, 0.1) is 5.39 Å². The highest BCUT2D eigenvalue weighted by Gasteiger charge is 2.26. The van der Waals surface area contributed by atoms with Crippen molar-refractivity contribution in [2.75, 3.05) is 11.9 Å². The van der Waals surface area contributed by atoms with Crippen LogP contribution in [0, 0.1) is 0 Å². The second kappa shape index (κ2) is 4.99. The first kappa shape index (κ1) is 12.6. The Bertz CT molecular complexity index is 643. The Labute approximate surface area is 123 Å². The van der Waals surface area contributed by atoms with E-state index < -0.39 is 0 Å². The Kier molecular flexibility index (Phi) is 3.14. The Morgan fingerprint density at radius 1 is 1.20 bits per heavy atom. The predicted octanol–water partition coefficient (Wildman–Crippen LogP) is 4.27. The van der Waals surface area contributed by atoms with Gasteiger partial charge in [-0.15, -0.1) is 11.3 Å². The molecule has 0 radical (unpaired) electrons. The highest BCUT2D eigenvalue weighted by atomic mass is 32.1. The Balaban J connectivity index is 1.84. The van der Waals surface area contributed by atoms with E-state index in [9.17, 15) is 0 Å². The minimum atomic E-state index is 0.610. The maximum Gasteiger partial charge on any atom is 0.138 e. The lowest BCUT2D eigenvalue weighted by atomic mass is 9.85. The van der Waals surface area contributed by atoms with Crippen LogP contribution in [-0.4, -0.2) is 16.5 Å². The molecule has 0 unspecified atom stereocenters. The van der Waals surface area contributed by atoms with Gasteiger partial charge in [0.2, 0.25) is 0 Å². The van der Waals surface area contributed by atoms with E-state index in [0.717, 1.165) is 24.6 Å². The van der Waals surface area contributed by atoms with Crippen LogP contribution in [0.2, 0.25) is 0 Å². The zero-order valence-electron chi connectivity index (χ0n) is 12.0. The van der Waals surface area contributed by atoms with Crippen molar-refractivity contribution in [1.82, 2.24) is 9.97 Å². The first-order valence-corrected chi connectivity index (χ1v) is 8.74. The van der Waals surface area contributed by atoms with Crippen LogP contribution in [0.4, 0.5) is 5.82 Å². The molecule has 2 heterocycles. The molecule has 1 N–H and O–H groups in total. The third kappa shape index (κ3) is 1.93. The third-order valence-electron chi connectivity index (χ3n) is 4.59. The molecular weight excluding hydrogens is 266 g/mol. The van der Waals surface area contributed by atoms with Crippen molar-refractivity contribution < 1.29 is 0 Å². The lowest BCUT2D eigenvalue weighted by molar-refractivity contribution is 0.403. The fourth-order valence-electron chi connectivity index (χ4n) is 3.23. The number of nitrogens with zero attached hydrogens (tertiary/aromatic N) is 2. The molecule has 106 valence electrons. The lowest BCUT2D eigenvalue weighted by Crippen LogP contribution is -2.14. The number of hydrogen-bond acceptors (Lipinski definition) is 4. The first-order valence-electron chi connectivity index (χ1n) is 7.93. The van der Waals surface area contributed by atoms with E-state index in [1.165, 1.54) is 54.3 Å². The van der Waals surface area contributed by atoms with Crippen LogP contribution in [0.25, 0.3) is 10.2 Å². The summed E-state index contributed by atoms with van der Waals surface area (Å²) in [6.45, 7) is 3.21. The van der Waals surface area contributed by atoms with E-state index in [1.54, 1.807) is 4.88 Å². The van der Waals surface area contributed by atoms with Crippen molar-refractivity contribution in [3.8, 4) is 0 Å². The lowest BCUT2D eigenvalue weighted by Gasteiger charge is -2.24. The van der Waals surface area contributed by atoms with Gasteiger partial charge in [0, 0.05) is 17.3 Å². The highest BCUT2D eigenvalue weighted by molar-refractivity contribution is 7.19. The number of fused-ring (bicyclic) bond motifs is 3. The molecule has 3 nitrogen and oxygen atoms in total. The van der Waals surface area contributed by atoms with Crippen molar-refractivity contribution in [2.24, 2.45) is 0 Å². The second-order valence-corrected chi connectivity index (χ2v) is 7.11. The molecule has 0 amide bonds. The van der Waals surface area contributed by atoms with Crippen LogP contribution in [0.5, 0.6) is 0 Å². The summed E-state index contributed by atoms with van der Waals surface area (Å²) in [5, 5.41) is 4.88. The number of aryl methyl sites for hydroxylation is 2. The van der Waals surface area contributed by atoms with Crippen LogP contribution in [-0.2, 0) is 12.8 Å². The fraction of sp³-hybridized carbons (Fsp3) is 0.625. The molecular formula is C16H21N3S. The van der Waals surface area contributed by atoms with Gasteiger partial charge in [0.15, 0.2) is 0 Å². The standard InChI is InChI=1S/C16H21N3S/c1-2-9-17-15-13-11-7-4-8-12(11)20-16(13)19-14(18-15)10-5-3-6-10/h10H,2-9H2,1H3,(H,17,18,19). The van der Waals surface area contributed by atoms with Crippen LogP contribution in [0.1, 0.15) is 61.2 Å². The minimum absolute atomic E-state index is 0.610. The molecule has 1 saturated carbocycles. The molecule has 0 aromatic carbocycles. The Hall–Kier alpha value is -1.16. The van der Waals surface area contributed by atoms with Crippen LogP contribution >= 0.6 is 11.3 Å². The van der Waals surface area contributed by atoms with Gasteiger partial charge in [0.25, 0.3) is 0 Å². The van der Waals surface area contributed by atoms with Gasteiger partial charge in [-0.2, -0.15) is 0 Å². The Morgan fingerprint density at radius 3 is 2.85 bits per heavy atom. The molecule has 0 aliphatic heterocycles. The minimum Gasteiger partial charge on any atom is -0.369 e. The number of hydrogen-bond donors (Lipinski definition) is 1. The predicted molar refractivity (Wildman–Crippen MR) is 84.8 cm³/mol. The van der Waals surface area contributed by atoms with Gasteiger partial charge in [-0.05, 0) is 44.1 Å². The van der Waals surface area contributed by atoms with Gasteiger partial charge in [0.1, 0.15) is 16.5 Å². The van der Waals surface area contributed by atoms with E-state index in [2.05, 4.69) is 12.2 Å². The SMILES string of the molecule is CCCNc1nc(C2CCC2)nc2sc3c(c12)CCC3. The molecule has 2 aromatic heterocycles. The van der Waals surface area contributed by atoms with Crippen molar-refractivity contribution in [1.29, 1.82) is 0 Å². The molecule has 2 aromatic rings. The average molecular weight is 287 g/mol. The third-order valence-corrected chi connectivity index (χ3v) is 5.78.